The maximum Gasteiger partial charge on any atom is 0.416 e. The Morgan fingerprint density at radius 3 is 2.44 bits per heavy atom. The van der Waals surface area contributed by atoms with Crippen molar-refractivity contribution in [2.24, 2.45) is 11.8 Å². The number of Topliss-reactive ketones (excluding diaryl/α,β-unsaturated/α-hetero) is 1. The number of aromatic amines is 1. The van der Waals surface area contributed by atoms with Crippen molar-refractivity contribution in [2.75, 3.05) is 4.90 Å². The highest BCUT2D eigenvalue weighted by atomic mass is 19.4. The summed E-state index contributed by atoms with van der Waals surface area (Å²) in [5.41, 5.74) is -3.38. The molecule has 5 rings (SSSR count). The zero-order valence-electron chi connectivity index (χ0n) is 19.8. The Kier molecular flexibility index (Phi) is 5.02. The van der Waals surface area contributed by atoms with Gasteiger partial charge < -0.3 is 10.1 Å². The lowest BCUT2D eigenvalue weighted by Crippen LogP contribution is -2.56. The van der Waals surface area contributed by atoms with Crippen molar-refractivity contribution in [3.63, 3.8) is 0 Å². The molecule has 1 aromatic carbocycles. The largest absolute Gasteiger partial charge is 0.416 e. The van der Waals surface area contributed by atoms with Crippen LogP contribution in [0.25, 0.3) is 0 Å². The number of fused-ring (bicyclic) bond motifs is 5. The van der Waals surface area contributed by atoms with Gasteiger partial charge in [-0.1, -0.05) is 6.07 Å². The smallest absolute Gasteiger partial charge is 0.365 e. The number of H-pyrrole nitrogens is 1. The number of imide groups is 1. The number of nitrogens with zero attached hydrogens (tertiary/aromatic N) is 2. The first-order valence-corrected chi connectivity index (χ1v) is 11.3. The van der Waals surface area contributed by atoms with Crippen molar-refractivity contribution in [3.05, 3.63) is 46.8 Å². The molecule has 2 bridgehead atoms. The molecule has 3 amide bonds. The number of hydrogen-bond donors (Lipinski definition) is 2. The van der Waals surface area contributed by atoms with Crippen molar-refractivity contribution in [1.29, 1.82) is 0 Å². The standard InChI is InChI=1S/C24H23F3N4O5/c1-10-5-6-12(7-13(10)24(25,26)27)31-20(34)17-18(21(31)35)23(4)16(9-22(17,3)36-23)28-19(33)15-8-14(11(2)32)29-30-15/h5-8,16-18H,9H2,1-4H3,(H,28,33)(H,29,30)/t16-,17-,18+,22-,23+/m0/s1. The predicted molar refractivity (Wildman–Crippen MR) is 118 cm³/mol. The van der Waals surface area contributed by atoms with E-state index < -0.39 is 58.5 Å². The zero-order valence-corrected chi connectivity index (χ0v) is 19.8. The van der Waals surface area contributed by atoms with E-state index in [2.05, 4.69) is 15.5 Å². The second kappa shape index (κ2) is 7.48. The number of alkyl halides is 3. The van der Waals surface area contributed by atoms with Gasteiger partial charge in [0.1, 0.15) is 5.69 Å². The summed E-state index contributed by atoms with van der Waals surface area (Å²) in [4.78, 5) is 52.1. The first-order valence-electron chi connectivity index (χ1n) is 11.3. The predicted octanol–water partition coefficient (Wildman–Crippen LogP) is 2.80. The Bertz CT molecular complexity index is 1340. The molecule has 0 spiro atoms. The molecule has 2 N–H and O–H groups in total. The fourth-order valence-corrected chi connectivity index (χ4v) is 5.91. The van der Waals surface area contributed by atoms with Crippen LogP contribution < -0.4 is 10.2 Å². The topological polar surface area (TPSA) is 121 Å². The monoisotopic (exact) mass is 504 g/mol. The summed E-state index contributed by atoms with van der Waals surface area (Å²) in [5, 5.41) is 9.11. The molecule has 3 saturated heterocycles. The lowest BCUT2D eigenvalue weighted by molar-refractivity contribution is -0.138. The van der Waals surface area contributed by atoms with E-state index in [1.807, 2.05) is 0 Å². The van der Waals surface area contributed by atoms with Gasteiger partial charge in [-0.3, -0.25) is 24.3 Å². The number of aryl methyl sites for hydroxylation is 1. The highest BCUT2D eigenvalue weighted by molar-refractivity contribution is 6.23. The van der Waals surface area contributed by atoms with Gasteiger partial charge in [0.05, 0.1) is 40.3 Å². The summed E-state index contributed by atoms with van der Waals surface area (Å²) >= 11 is 0. The lowest BCUT2D eigenvalue weighted by atomic mass is 9.66. The van der Waals surface area contributed by atoms with Crippen LogP contribution in [0.15, 0.2) is 24.3 Å². The summed E-state index contributed by atoms with van der Waals surface area (Å²) in [6, 6.07) is 3.97. The quantitative estimate of drug-likeness (QED) is 0.488. The fraction of sp³-hybridized carbons (Fsp3) is 0.458. The van der Waals surface area contributed by atoms with Gasteiger partial charge in [-0.15, -0.1) is 0 Å². The van der Waals surface area contributed by atoms with Crippen LogP contribution in [-0.4, -0.2) is 50.9 Å². The number of anilines is 1. The summed E-state index contributed by atoms with van der Waals surface area (Å²) in [7, 11) is 0. The number of amides is 3. The second-order valence-corrected chi connectivity index (χ2v) is 10.0. The third-order valence-electron chi connectivity index (χ3n) is 7.62. The number of carbonyl (C=O) groups is 4. The van der Waals surface area contributed by atoms with E-state index in [9.17, 15) is 32.3 Å². The number of aromatic nitrogens is 2. The average Bonchev–Trinajstić information content (AvgIpc) is 3.47. The minimum absolute atomic E-state index is 0.0249. The highest BCUT2D eigenvalue weighted by Crippen LogP contribution is 2.61. The van der Waals surface area contributed by atoms with Crippen LogP contribution in [0.1, 0.15) is 59.3 Å². The Labute approximate surface area is 203 Å². The van der Waals surface area contributed by atoms with Crippen LogP contribution in [0.5, 0.6) is 0 Å². The maximum absolute atomic E-state index is 13.5. The van der Waals surface area contributed by atoms with Gasteiger partial charge in [-0.05, 0) is 44.5 Å². The number of hydrogen-bond acceptors (Lipinski definition) is 6. The Balaban J connectivity index is 1.45. The molecule has 1 aromatic heterocycles. The molecule has 0 radical (unpaired) electrons. The van der Waals surface area contributed by atoms with Crippen LogP contribution in [0.2, 0.25) is 0 Å². The number of nitrogens with one attached hydrogen (secondary N) is 2. The normalized spacial score (nSPS) is 31.2. The number of rotatable bonds is 4. The number of ether oxygens (including phenoxy) is 1. The van der Waals surface area contributed by atoms with E-state index in [0.29, 0.717) is 0 Å². The number of ketones is 1. The molecular formula is C24H23F3N4O5. The highest BCUT2D eigenvalue weighted by Gasteiger charge is 2.76. The van der Waals surface area contributed by atoms with E-state index in [4.69, 9.17) is 4.74 Å². The minimum Gasteiger partial charge on any atom is -0.365 e. The first-order chi connectivity index (χ1) is 16.7. The van der Waals surface area contributed by atoms with Crippen molar-refractivity contribution in [3.8, 4) is 0 Å². The summed E-state index contributed by atoms with van der Waals surface area (Å²) in [5.74, 6) is -4.11. The van der Waals surface area contributed by atoms with Gasteiger partial charge in [-0.25, -0.2) is 4.90 Å². The average molecular weight is 504 g/mol. The minimum atomic E-state index is -4.65. The number of benzene rings is 1. The molecule has 190 valence electrons. The van der Waals surface area contributed by atoms with Crippen molar-refractivity contribution >= 4 is 29.2 Å². The van der Waals surface area contributed by atoms with Gasteiger partial charge in [0, 0.05) is 13.3 Å². The molecule has 0 aliphatic carbocycles. The van der Waals surface area contributed by atoms with Crippen LogP contribution in [0.4, 0.5) is 18.9 Å². The maximum atomic E-state index is 13.5. The zero-order chi connectivity index (χ0) is 26.4. The molecule has 3 aliphatic rings. The summed E-state index contributed by atoms with van der Waals surface area (Å²) in [6.45, 7) is 5.90. The molecule has 0 saturated carbocycles. The van der Waals surface area contributed by atoms with Gasteiger partial charge in [0.15, 0.2) is 11.5 Å². The summed E-state index contributed by atoms with van der Waals surface area (Å²) < 4.78 is 46.6. The third-order valence-corrected chi connectivity index (χ3v) is 7.62. The van der Waals surface area contributed by atoms with Gasteiger partial charge in [0.25, 0.3) is 5.91 Å². The van der Waals surface area contributed by atoms with E-state index >= 15 is 0 Å². The van der Waals surface area contributed by atoms with Crippen LogP contribution in [-0.2, 0) is 20.5 Å². The molecule has 4 heterocycles. The van der Waals surface area contributed by atoms with Gasteiger partial charge in [-0.2, -0.15) is 18.3 Å². The molecule has 2 aromatic rings. The number of halogens is 3. The van der Waals surface area contributed by atoms with Gasteiger partial charge in [0.2, 0.25) is 11.8 Å². The fourth-order valence-electron chi connectivity index (χ4n) is 5.91. The van der Waals surface area contributed by atoms with Gasteiger partial charge >= 0.3 is 6.18 Å². The Hall–Kier alpha value is -3.54. The van der Waals surface area contributed by atoms with Crippen molar-refractivity contribution in [1.82, 2.24) is 15.5 Å². The summed E-state index contributed by atoms with van der Waals surface area (Å²) in [6.07, 6.45) is -4.44. The molecule has 3 aliphatic heterocycles. The lowest BCUT2D eigenvalue weighted by Gasteiger charge is -2.35. The molecule has 5 atom stereocenters. The second-order valence-electron chi connectivity index (χ2n) is 10.0. The van der Waals surface area contributed by atoms with Crippen LogP contribution in [0, 0.1) is 18.8 Å². The van der Waals surface area contributed by atoms with Crippen molar-refractivity contribution in [2.45, 2.75) is 57.5 Å². The van der Waals surface area contributed by atoms with Crippen molar-refractivity contribution < 1.29 is 37.1 Å². The van der Waals surface area contributed by atoms with E-state index in [1.165, 1.54) is 32.0 Å². The Morgan fingerprint density at radius 1 is 1.17 bits per heavy atom. The third kappa shape index (κ3) is 3.30. The molecular weight excluding hydrogens is 481 g/mol. The molecule has 9 nitrogen and oxygen atoms in total. The van der Waals surface area contributed by atoms with E-state index in [-0.39, 0.29) is 34.8 Å². The molecule has 36 heavy (non-hydrogen) atoms. The molecule has 0 unspecified atom stereocenters. The SMILES string of the molecule is CC(=O)c1cc(C(=O)N[C@H]2C[C@]3(C)O[C@@]2(C)[C@H]2C(=O)N(c4ccc(C)c(C(F)(F)F)c4)C(=O)[C@H]23)n[nH]1. The number of carbonyl (C=O) groups excluding carboxylic acids is 4. The van der Waals surface area contributed by atoms with Crippen LogP contribution in [0.3, 0.4) is 0 Å². The van der Waals surface area contributed by atoms with Crippen LogP contribution >= 0.6 is 0 Å². The molecule has 3 fully saturated rings. The molecule has 12 heteroatoms. The Morgan fingerprint density at radius 2 is 1.83 bits per heavy atom. The van der Waals surface area contributed by atoms with E-state index in [0.717, 1.165) is 11.0 Å². The van der Waals surface area contributed by atoms with E-state index in [1.54, 1.807) is 13.8 Å². The first kappa shape index (κ1) is 24.2.